The number of allylic oxidation sites excluding steroid dienone is 1. The SMILES string of the molecule is COc1c(OCCCC(=O)O)ccc2c1N/C(=C\C(=O)c1cccnc1)N1CCN=C21. The highest BCUT2D eigenvalue weighted by molar-refractivity contribution is 6.11. The molecule has 0 saturated carbocycles. The number of pyridine rings is 1. The van der Waals surface area contributed by atoms with E-state index in [1.807, 2.05) is 11.0 Å². The third-order valence-corrected chi connectivity index (χ3v) is 4.96. The number of benzene rings is 1. The lowest BCUT2D eigenvalue weighted by atomic mass is 10.1. The Labute approximate surface area is 179 Å². The van der Waals surface area contributed by atoms with E-state index in [0.717, 1.165) is 11.4 Å². The van der Waals surface area contributed by atoms with Gasteiger partial charge in [-0.2, -0.15) is 0 Å². The van der Waals surface area contributed by atoms with Crippen LogP contribution in [0.2, 0.25) is 0 Å². The van der Waals surface area contributed by atoms with Crippen molar-refractivity contribution in [2.45, 2.75) is 12.8 Å². The summed E-state index contributed by atoms with van der Waals surface area (Å²) >= 11 is 0. The Morgan fingerprint density at radius 1 is 1.32 bits per heavy atom. The van der Waals surface area contributed by atoms with Gasteiger partial charge in [0.15, 0.2) is 17.3 Å². The number of carboxylic acids is 1. The lowest BCUT2D eigenvalue weighted by molar-refractivity contribution is -0.137. The van der Waals surface area contributed by atoms with E-state index in [4.69, 9.17) is 14.6 Å². The molecule has 0 unspecified atom stereocenters. The first-order valence-electron chi connectivity index (χ1n) is 9.89. The zero-order valence-electron chi connectivity index (χ0n) is 17.0. The molecule has 0 bridgehead atoms. The minimum atomic E-state index is -0.866. The Bertz CT molecular complexity index is 1070. The maximum absolute atomic E-state index is 12.7. The summed E-state index contributed by atoms with van der Waals surface area (Å²) in [7, 11) is 1.54. The number of carboxylic acid groups (broad SMARTS) is 1. The number of ether oxygens (including phenoxy) is 2. The standard InChI is InChI=1S/C22H22N4O5/c1-30-21-17(31-11-3-5-19(28)29)7-6-15-20(21)25-18(26-10-9-24-22(15)26)12-16(27)14-4-2-8-23-13-14/h2,4,6-8,12-13,25H,3,5,9-11H2,1H3,(H,28,29)/b18-12+. The zero-order chi connectivity index (χ0) is 21.8. The fourth-order valence-electron chi connectivity index (χ4n) is 3.53. The molecule has 1 aromatic heterocycles. The van der Waals surface area contributed by atoms with Gasteiger partial charge in [-0.1, -0.05) is 0 Å². The second-order valence-electron chi connectivity index (χ2n) is 6.98. The van der Waals surface area contributed by atoms with E-state index in [2.05, 4.69) is 15.3 Å². The Balaban J connectivity index is 1.65. The summed E-state index contributed by atoms with van der Waals surface area (Å²) in [5.74, 6) is 1.28. The maximum Gasteiger partial charge on any atom is 0.303 e. The number of carbonyl (C=O) groups is 2. The van der Waals surface area contributed by atoms with E-state index < -0.39 is 5.97 Å². The van der Waals surface area contributed by atoms with Crippen molar-refractivity contribution in [3.8, 4) is 11.5 Å². The lowest BCUT2D eigenvalue weighted by Gasteiger charge is -2.32. The molecule has 2 N–H and O–H groups in total. The number of amidine groups is 1. The first-order valence-corrected chi connectivity index (χ1v) is 9.89. The first kappa shape index (κ1) is 20.4. The highest BCUT2D eigenvalue weighted by Gasteiger charge is 2.33. The molecule has 0 atom stereocenters. The van der Waals surface area contributed by atoms with E-state index >= 15 is 0 Å². The van der Waals surface area contributed by atoms with Gasteiger partial charge in [-0.3, -0.25) is 19.6 Å². The topological polar surface area (TPSA) is 113 Å². The number of aromatic nitrogens is 1. The van der Waals surface area contributed by atoms with Crippen molar-refractivity contribution in [2.75, 3.05) is 32.1 Å². The smallest absolute Gasteiger partial charge is 0.303 e. The number of aliphatic carboxylic acids is 1. The summed E-state index contributed by atoms with van der Waals surface area (Å²) in [5.41, 5.74) is 1.99. The average molecular weight is 422 g/mol. The van der Waals surface area contributed by atoms with Gasteiger partial charge in [-0.05, 0) is 30.7 Å². The molecule has 0 radical (unpaired) electrons. The minimum absolute atomic E-state index is 0.0284. The largest absolute Gasteiger partial charge is 0.491 e. The van der Waals surface area contributed by atoms with Crippen LogP contribution in [0.25, 0.3) is 0 Å². The number of nitrogens with zero attached hydrogens (tertiary/aromatic N) is 3. The highest BCUT2D eigenvalue weighted by atomic mass is 16.5. The quantitative estimate of drug-likeness (QED) is 0.379. The van der Waals surface area contributed by atoms with Gasteiger partial charge in [0.2, 0.25) is 0 Å². The summed E-state index contributed by atoms with van der Waals surface area (Å²) in [4.78, 5) is 34.0. The molecule has 0 saturated heterocycles. The second kappa shape index (κ2) is 8.86. The van der Waals surface area contributed by atoms with Gasteiger partial charge in [0.25, 0.3) is 0 Å². The van der Waals surface area contributed by atoms with Gasteiger partial charge in [-0.15, -0.1) is 0 Å². The van der Waals surface area contributed by atoms with Gasteiger partial charge >= 0.3 is 5.97 Å². The fourth-order valence-corrected chi connectivity index (χ4v) is 3.53. The van der Waals surface area contributed by atoms with Crippen molar-refractivity contribution in [2.24, 2.45) is 4.99 Å². The van der Waals surface area contributed by atoms with Crippen LogP contribution >= 0.6 is 0 Å². The van der Waals surface area contributed by atoms with Gasteiger partial charge in [-0.25, -0.2) is 0 Å². The van der Waals surface area contributed by atoms with E-state index in [9.17, 15) is 9.59 Å². The van der Waals surface area contributed by atoms with Gasteiger partial charge in [0.05, 0.1) is 25.9 Å². The lowest BCUT2D eigenvalue weighted by Crippen LogP contribution is -2.36. The summed E-state index contributed by atoms with van der Waals surface area (Å²) in [6.45, 7) is 1.52. The van der Waals surface area contributed by atoms with Crippen molar-refractivity contribution in [3.63, 3.8) is 0 Å². The van der Waals surface area contributed by atoms with E-state index in [1.165, 1.54) is 19.4 Å². The molecule has 160 valence electrons. The number of hydrogen-bond acceptors (Lipinski definition) is 8. The number of fused-ring (bicyclic) bond motifs is 3. The Hall–Kier alpha value is -3.88. The molecule has 1 aromatic carbocycles. The van der Waals surface area contributed by atoms with Crippen molar-refractivity contribution in [1.29, 1.82) is 0 Å². The molecular weight excluding hydrogens is 400 g/mol. The van der Waals surface area contributed by atoms with Crippen LogP contribution in [0.1, 0.15) is 28.8 Å². The molecule has 2 aromatic rings. The Kier molecular flexibility index (Phi) is 5.83. The number of aliphatic imine (C=N–C) groups is 1. The van der Waals surface area contributed by atoms with E-state index in [-0.39, 0.29) is 18.8 Å². The van der Waals surface area contributed by atoms with E-state index in [1.54, 1.807) is 24.4 Å². The summed E-state index contributed by atoms with van der Waals surface area (Å²) in [6.07, 6.45) is 5.08. The van der Waals surface area contributed by atoms with Crippen LogP contribution in [0.15, 0.2) is 53.5 Å². The van der Waals surface area contributed by atoms with Crippen molar-refractivity contribution >= 4 is 23.3 Å². The monoisotopic (exact) mass is 422 g/mol. The molecule has 2 aliphatic heterocycles. The summed E-state index contributed by atoms with van der Waals surface area (Å²) in [6, 6.07) is 7.10. The van der Waals surface area contributed by atoms with Crippen LogP contribution in [0, 0.1) is 0 Å². The molecule has 9 heteroatoms. The Morgan fingerprint density at radius 3 is 2.94 bits per heavy atom. The number of hydrogen-bond donors (Lipinski definition) is 2. The number of carbonyl (C=O) groups excluding carboxylic acids is 1. The third kappa shape index (κ3) is 4.20. The summed E-state index contributed by atoms with van der Waals surface area (Å²) in [5, 5.41) is 12.1. The van der Waals surface area contributed by atoms with Crippen molar-refractivity contribution in [1.82, 2.24) is 9.88 Å². The summed E-state index contributed by atoms with van der Waals surface area (Å²) < 4.78 is 11.4. The van der Waals surface area contributed by atoms with E-state index in [0.29, 0.717) is 48.1 Å². The Morgan fingerprint density at radius 2 is 2.19 bits per heavy atom. The molecule has 0 aliphatic carbocycles. The third-order valence-electron chi connectivity index (χ3n) is 4.96. The number of rotatable bonds is 8. The molecule has 0 fully saturated rings. The van der Waals surface area contributed by atoms with Crippen molar-refractivity contribution in [3.05, 3.63) is 59.7 Å². The molecule has 4 rings (SSSR count). The second-order valence-corrected chi connectivity index (χ2v) is 6.98. The van der Waals surface area contributed by atoms with Crippen LogP contribution in [-0.2, 0) is 4.79 Å². The van der Waals surface area contributed by atoms with Gasteiger partial charge in [0, 0.05) is 42.6 Å². The van der Waals surface area contributed by atoms with Crippen molar-refractivity contribution < 1.29 is 24.2 Å². The minimum Gasteiger partial charge on any atom is -0.491 e. The number of nitrogens with one attached hydrogen (secondary N) is 1. The first-order chi connectivity index (χ1) is 15.1. The normalized spacial score (nSPS) is 15.6. The van der Waals surface area contributed by atoms with Crippen LogP contribution in [0.4, 0.5) is 5.69 Å². The van der Waals surface area contributed by atoms with Crippen LogP contribution in [0.5, 0.6) is 11.5 Å². The number of methoxy groups -OCH3 is 1. The molecular formula is C22H22N4O5. The molecule has 0 amide bonds. The molecule has 2 aliphatic rings. The highest BCUT2D eigenvalue weighted by Crippen LogP contribution is 2.43. The predicted octanol–water partition coefficient (Wildman–Crippen LogP) is 2.55. The molecule has 31 heavy (non-hydrogen) atoms. The van der Waals surface area contributed by atoms with Crippen LogP contribution in [0.3, 0.4) is 0 Å². The predicted molar refractivity (Wildman–Crippen MR) is 114 cm³/mol. The van der Waals surface area contributed by atoms with Crippen LogP contribution in [-0.4, -0.2) is 59.4 Å². The molecule has 0 spiro atoms. The fraction of sp³-hybridized carbons (Fsp3) is 0.273. The number of ketones is 1. The maximum atomic E-state index is 12.7. The van der Waals surface area contributed by atoms with Gasteiger partial charge in [0.1, 0.15) is 11.7 Å². The zero-order valence-corrected chi connectivity index (χ0v) is 17.0. The van der Waals surface area contributed by atoms with Crippen LogP contribution < -0.4 is 14.8 Å². The van der Waals surface area contributed by atoms with Gasteiger partial charge < -0.3 is 24.8 Å². The average Bonchev–Trinajstić information content (AvgIpc) is 3.27. The molecule has 9 nitrogen and oxygen atoms in total. The number of anilines is 1. The molecule has 3 heterocycles.